The third-order valence-electron chi connectivity index (χ3n) is 2.27. The molecule has 100 valence electrons. The topological polar surface area (TPSA) is 73.9 Å². The standard InChI is InChI=1S/C11H9F3N4O/c1-19-7-3-2-4-16-9(7)6-5-8(11(12,13)14)18-10(15)17-6/h2-5H,1H3,(H2,15,17,18). The fourth-order valence-corrected chi connectivity index (χ4v) is 1.48. The highest BCUT2D eigenvalue weighted by atomic mass is 19.4. The minimum Gasteiger partial charge on any atom is -0.494 e. The largest absolute Gasteiger partial charge is 0.494 e. The molecule has 0 radical (unpaired) electrons. The van der Waals surface area contributed by atoms with E-state index in [9.17, 15) is 13.2 Å². The Balaban J connectivity index is 2.60. The van der Waals surface area contributed by atoms with Gasteiger partial charge in [-0.15, -0.1) is 0 Å². The van der Waals surface area contributed by atoms with E-state index in [-0.39, 0.29) is 11.4 Å². The van der Waals surface area contributed by atoms with Crippen LogP contribution >= 0.6 is 0 Å². The van der Waals surface area contributed by atoms with Crippen molar-refractivity contribution < 1.29 is 17.9 Å². The van der Waals surface area contributed by atoms with Crippen LogP contribution in [0.4, 0.5) is 19.1 Å². The molecule has 0 aliphatic carbocycles. The molecule has 2 rings (SSSR count). The van der Waals surface area contributed by atoms with Gasteiger partial charge in [0.1, 0.15) is 11.4 Å². The van der Waals surface area contributed by atoms with Crippen molar-refractivity contribution in [2.24, 2.45) is 0 Å². The van der Waals surface area contributed by atoms with Crippen molar-refractivity contribution in [3.8, 4) is 17.1 Å². The van der Waals surface area contributed by atoms with Crippen LogP contribution in [0.3, 0.4) is 0 Å². The van der Waals surface area contributed by atoms with Crippen molar-refractivity contribution in [1.29, 1.82) is 0 Å². The van der Waals surface area contributed by atoms with Gasteiger partial charge in [0, 0.05) is 6.20 Å². The van der Waals surface area contributed by atoms with E-state index in [1.807, 2.05) is 0 Å². The summed E-state index contributed by atoms with van der Waals surface area (Å²) in [6.07, 6.45) is -3.18. The molecule has 0 amide bonds. The summed E-state index contributed by atoms with van der Waals surface area (Å²) >= 11 is 0. The van der Waals surface area contributed by atoms with Gasteiger partial charge in [-0.1, -0.05) is 0 Å². The number of hydrogen-bond acceptors (Lipinski definition) is 5. The Morgan fingerprint density at radius 2 is 2.00 bits per heavy atom. The van der Waals surface area contributed by atoms with Crippen LogP contribution in [0.25, 0.3) is 11.4 Å². The molecule has 2 aromatic rings. The molecule has 0 atom stereocenters. The molecule has 0 fully saturated rings. The number of aromatic nitrogens is 3. The van der Waals surface area contributed by atoms with E-state index in [4.69, 9.17) is 10.5 Å². The molecule has 0 bridgehead atoms. The number of pyridine rings is 1. The Labute approximate surface area is 106 Å². The fraction of sp³-hybridized carbons (Fsp3) is 0.182. The predicted molar refractivity (Wildman–Crippen MR) is 61.2 cm³/mol. The molecule has 2 aromatic heterocycles. The van der Waals surface area contributed by atoms with Gasteiger partial charge in [0.25, 0.3) is 0 Å². The van der Waals surface area contributed by atoms with Crippen molar-refractivity contribution in [3.05, 3.63) is 30.1 Å². The molecule has 0 spiro atoms. The van der Waals surface area contributed by atoms with Crippen molar-refractivity contribution in [2.45, 2.75) is 6.18 Å². The highest BCUT2D eigenvalue weighted by molar-refractivity contribution is 5.63. The summed E-state index contributed by atoms with van der Waals surface area (Å²) in [7, 11) is 1.38. The molecule has 19 heavy (non-hydrogen) atoms. The lowest BCUT2D eigenvalue weighted by Gasteiger charge is -2.10. The lowest BCUT2D eigenvalue weighted by molar-refractivity contribution is -0.141. The smallest absolute Gasteiger partial charge is 0.433 e. The van der Waals surface area contributed by atoms with E-state index in [1.165, 1.54) is 13.3 Å². The van der Waals surface area contributed by atoms with Gasteiger partial charge in [0.2, 0.25) is 5.95 Å². The molecule has 0 saturated heterocycles. The summed E-state index contributed by atoms with van der Waals surface area (Å²) in [4.78, 5) is 10.9. The normalized spacial score (nSPS) is 11.4. The molecular formula is C11H9F3N4O. The minimum atomic E-state index is -4.60. The van der Waals surface area contributed by atoms with Gasteiger partial charge < -0.3 is 10.5 Å². The van der Waals surface area contributed by atoms with E-state index in [1.54, 1.807) is 12.1 Å². The molecule has 0 saturated carbocycles. The Morgan fingerprint density at radius 3 is 2.63 bits per heavy atom. The zero-order valence-electron chi connectivity index (χ0n) is 9.77. The maximum absolute atomic E-state index is 12.6. The van der Waals surface area contributed by atoms with Gasteiger partial charge in [-0.2, -0.15) is 13.2 Å². The summed E-state index contributed by atoms with van der Waals surface area (Å²) in [5.74, 6) is -0.175. The number of anilines is 1. The number of nitrogens with zero attached hydrogens (tertiary/aromatic N) is 3. The molecule has 8 heteroatoms. The van der Waals surface area contributed by atoms with Gasteiger partial charge >= 0.3 is 6.18 Å². The first-order valence-electron chi connectivity index (χ1n) is 5.13. The molecule has 0 unspecified atom stereocenters. The lowest BCUT2D eigenvalue weighted by Crippen LogP contribution is -2.11. The van der Waals surface area contributed by atoms with Gasteiger partial charge in [-0.3, -0.25) is 4.98 Å². The third-order valence-corrected chi connectivity index (χ3v) is 2.27. The van der Waals surface area contributed by atoms with Crippen LogP contribution in [-0.4, -0.2) is 22.1 Å². The van der Waals surface area contributed by atoms with E-state index in [0.717, 1.165) is 6.07 Å². The van der Waals surface area contributed by atoms with Crippen LogP contribution < -0.4 is 10.5 Å². The van der Waals surface area contributed by atoms with Crippen LogP contribution in [0.15, 0.2) is 24.4 Å². The molecule has 2 N–H and O–H groups in total. The first-order valence-corrected chi connectivity index (χ1v) is 5.13. The minimum absolute atomic E-state index is 0.0442. The zero-order valence-corrected chi connectivity index (χ0v) is 9.77. The van der Waals surface area contributed by atoms with Crippen molar-refractivity contribution in [2.75, 3.05) is 12.8 Å². The average molecular weight is 270 g/mol. The second kappa shape index (κ2) is 4.71. The quantitative estimate of drug-likeness (QED) is 0.905. The van der Waals surface area contributed by atoms with Crippen molar-refractivity contribution in [1.82, 2.24) is 15.0 Å². The summed E-state index contributed by atoms with van der Waals surface area (Å²) in [5, 5.41) is 0. The number of methoxy groups -OCH3 is 1. The molecular weight excluding hydrogens is 261 g/mol. The third kappa shape index (κ3) is 2.72. The maximum Gasteiger partial charge on any atom is 0.433 e. The zero-order chi connectivity index (χ0) is 14.0. The van der Waals surface area contributed by atoms with Gasteiger partial charge in [0.05, 0.1) is 12.8 Å². The van der Waals surface area contributed by atoms with Gasteiger partial charge in [-0.25, -0.2) is 9.97 Å². The number of hydrogen-bond donors (Lipinski definition) is 1. The van der Waals surface area contributed by atoms with Crippen LogP contribution in [-0.2, 0) is 6.18 Å². The second-order valence-corrected chi connectivity index (χ2v) is 3.55. The van der Waals surface area contributed by atoms with Gasteiger partial charge in [-0.05, 0) is 18.2 Å². The molecule has 0 aromatic carbocycles. The van der Waals surface area contributed by atoms with Crippen molar-refractivity contribution in [3.63, 3.8) is 0 Å². The summed E-state index contributed by atoms with van der Waals surface area (Å²) < 4.78 is 43.0. The van der Waals surface area contributed by atoms with E-state index in [0.29, 0.717) is 5.75 Å². The molecule has 5 nitrogen and oxygen atoms in total. The number of nitrogens with two attached hydrogens (primary N) is 1. The van der Waals surface area contributed by atoms with E-state index >= 15 is 0 Å². The molecule has 2 heterocycles. The molecule has 0 aliphatic rings. The Morgan fingerprint density at radius 1 is 1.26 bits per heavy atom. The van der Waals surface area contributed by atoms with E-state index in [2.05, 4.69) is 15.0 Å². The Hall–Kier alpha value is -2.38. The summed E-state index contributed by atoms with van der Waals surface area (Å²) in [5.41, 5.74) is 4.30. The van der Waals surface area contributed by atoms with E-state index < -0.39 is 17.8 Å². The fourth-order valence-electron chi connectivity index (χ4n) is 1.48. The SMILES string of the molecule is COc1cccnc1-c1cc(C(F)(F)F)nc(N)n1. The first-order chi connectivity index (χ1) is 8.91. The summed E-state index contributed by atoms with van der Waals surface area (Å²) in [6, 6.07) is 3.94. The summed E-state index contributed by atoms with van der Waals surface area (Å²) in [6.45, 7) is 0. The second-order valence-electron chi connectivity index (χ2n) is 3.55. The Kier molecular flexibility index (Phi) is 3.24. The average Bonchev–Trinajstić information content (AvgIpc) is 2.37. The lowest BCUT2D eigenvalue weighted by atomic mass is 10.2. The first kappa shape index (κ1) is 13.1. The van der Waals surface area contributed by atoms with Crippen LogP contribution in [0.2, 0.25) is 0 Å². The highest BCUT2D eigenvalue weighted by Gasteiger charge is 2.34. The van der Waals surface area contributed by atoms with Crippen molar-refractivity contribution >= 4 is 5.95 Å². The highest BCUT2D eigenvalue weighted by Crippen LogP contribution is 2.32. The van der Waals surface area contributed by atoms with Crippen LogP contribution in [0.5, 0.6) is 5.75 Å². The maximum atomic E-state index is 12.6. The molecule has 0 aliphatic heterocycles. The number of halogens is 3. The van der Waals surface area contributed by atoms with Gasteiger partial charge in [0.15, 0.2) is 5.69 Å². The monoisotopic (exact) mass is 270 g/mol. The number of nitrogen functional groups attached to an aromatic ring is 1. The van der Waals surface area contributed by atoms with Crippen LogP contribution in [0.1, 0.15) is 5.69 Å². The number of rotatable bonds is 2. The number of alkyl halides is 3. The van der Waals surface area contributed by atoms with Crippen LogP contribution in [0, 0.1) is 0 Å². The Bertz CT molecular complexity index is 601. The predicted octanol–water partition coefficient (Wildman–Crippen LogP) is 2.15. The number of ether oxygens (including phenoxy) is 1.